The third-order valence-corrected chi connectivity index (χ3v) is 5.66. The van der Waals surface area contributed by atoms with Crippen molar-refractivity contribution < 1.29 is 9.59 Å². The molecular formula is C18H23N3O2S. The third kappa shape index (κ3) is 2.79. The van der Waals surface area contributed by atoms with Gasteiger partial charge < -0.3 is 9.88 Å². The SMILES string of the molecule is CCc1c(-c2csc(C3CCCN3C(C)=O)n2)[nH]c(C)c1C(C)=O. The van der Waals surface area contributed by atoms with E-state index in [9.17, 15) is 9.59 Å². The molecule has 1 amide bonds. The van der Waals surface area contributed by atoms with Crippen LogP contribution >= 0.6 is 11.3 Å². The minimum absolute atomic E-state index is 0.0841. The molecule has 128 valence electrons. The summed E-state index contributed by atoms with van der Waals surface area (Å²) < 4.78 is 0. The first-order valence-electron chi connectivity index (χ1n) is 8.39. The van der Waals surface area contributed by atoms with Crippen LogP contribution < -0.4 is 0 Å². The lowest BCUT2D eigenvalue weighted by molar-refractivity contribution is -0.129. The number of aryl methyl sites for hydroxylation is 1. The number of aromatic nitrogens is 2. The van der Waals surface area contributed by atoms with Crippen molar-refractivity contribution in [2.75, 3.05) is 6.54 Å². The summed E-state index contributed by atoms with van der Waals surface area (Å²) in [5.74, 6) is 0.193. The van der Waals surface area contributed by atoms with Gasteiger partial charge in [-0.2, -0.15) is 0 Å². The minimum atomic E-state index is 0.0841. The van der Waals surface area contributed by atoms with Gasteiger partial charge >= 0.3 is 0 Å². The largest absolute Gasteiger partial charge is 0.356 e. The molecule has 5 nitrogen and oxygen atoms in total. The number of H-pyrrole nitrogens is 1. The highest BCUT2D eigenvalue weighted by atomic mass is 32.1. The summed E-state index contributed by atoms with van der Waals surface area (Å²) in [5, 5.41) is 3.01. The summed E-state index contributed by atoms with van der Waals surface area (Å²) >= 11 is 1.60. The summed E-state index contributed by atoms with van der Waals surface area (Å²) in [6, 6.07) is 0.0923. The van der Waals surface area contributed by atoms with Gasteiger partial charge in [-0.3, -0.25) is 9.59 Å². The van der Waals surface area contributed by atoms with Crippen LogP contribution in [0.4, 0.5) is 0 Å². The van der Waals surface area contributed by atoms with E-state index in [0.717, 1.165) is 59.0 Å². The van der Waals surface area contributed by atoms with Gasteiger partial charge in [-0.25, -0.2) is 4.98 Å². The number of Topliss-reactive ketones (excluding diaryl/α,β-unsaturated/α-hetero) is 1. The van der Waals surface area contributed by atoms with Crippen LogP contribution in [-0.2, 0) is 11.2 Å². The Morgan fingerprint density at radius 1 is 1.42 bits per heavy atom. The molecule has 3 heterocycles. The molecule has 2 aromatic heterocycles. The molecule has 0 radical (unpaired) electrons. The first-order chi connectivity index (χ1) is 11.4. The normalized spacial score (nSPS) is 17.5. The summed E-state index contributed by atoms with van der Waals surface area (Å²) in [6.07, 6.45) is 2.77. The molecule has 1 N–H and O–H groups in total. The average Bonchev–Trinajstić information content (AvgIpc) is 3.23. The highest BCUT2D eigenvalue weighted by Gasteiger charge is 2.30. The van der Waals surface area contributed by atoms with Crippen molar-refractivity contribution in [1.29, 1.82) is 0 Å². The minimum Gasteiger partial charge on any atom is -0.356 e. The smallest absolute Gasteiger partial charge is 0.220 e. The number of ketones is 1. The maximum atomic E-state index is 11.9. The van der Waals surface area contributed by atoms with Gasteiger partial charge in [0.2, 0.25) is 5.91 Å². The number of aromatic amines is 1. The van der Waals surface area contributed by atoms with Gasteiger partial charge in [0.15, 0.2) is 5.78 Å². The zero-order valence-electron chi connectivity index (χ0n) is 14.6. The topological polar surface area (TPSA) is 66.1 Å². The zero-order chi connectivity index (χ0) is 17.4. The summed E-state index contributed by atoms with van der Waals surface area (Å²) in [6.45, 7) is 8.02. The van der Waals surface area contributed by atoms with E-state index in [-0.39, 0.29) is 17.7 Å². The Kier molecular flexibility index (Phi) is 4.58. The molecule has 0 aromatic carbocycles. The van der Waals surface area contributed by atoms with Crippen LogP contribution in [0, 0.1) is 6.92 Å². The maximum absolute atomic E-state index is 11.9. The van der Waals surface area contributed by atoms with E-state index in [1.165, 1.54) is 0 Å². The van der Waals surface area contributed by atoms with E-state index in [4.69, 9.17) is 4.98 Å². The molecular weight excluding hydrogens is 322 g/mol. The second-order valence-electron chi connectivity index (χ2n) is 6.33. The van der Waals surface area contributed by atoms with E-state index in [1.807, 2.05) is 17.2 Å². The molecule has 0 bridgehead atoms. The fourth-order valence-corrected chi connectivity index (χ4v) is 4.64. The first kappa shape index (κ1) is 16.9. The van der Waals surface area contributed by atoms with Gasteiger partial charge in [0.25, 0.3) is 0 Å². The first-order valence-corrected chi connectivity index (χ1v) is 9.27. The van der Waals surface area contributed by atoms with E-state index < -0.39 is 0 Å². The van der Waals surface area contributed by atoms with E-state index >= 15 is 0 Å². The van der Waals surface area contributed by atoms with Gasteiger partial charge in [-0.05, 0) is 38.7 Å². The molecule has 0 aliphatic carbocycles. The predicted molar refractivity (Wildman–Crippen MR) is 95.4 cm³/mol. The highest BCUT2D eigenvalue weighted by Crippen LogP contribution is 2.37. The molecule has 1 saturated heterocycles. The van der Waals surface area contributed by atoms with Crippen LogP contribution in [0.5, 0.6) is 0 Å². The highest BCUT2D eigenvalue weighted by molar-refractivity contribution is 7.10. The number of carbonyl (C=O) groups excluding carboxylic acids is 2. The second kappa shape index (κ2) is 6.51. The summed E-state index contributed by atoms with van der Waals surface area (Å²) in [4.78, 5) is 33.8. The van der Waals surface area contributed by atoms with Crippen molar-refractivity contribution in [3.05, 3.63) is 27.2 Å². The van der Waals surface area contributed by atoms with Crippen molar-refractivity contribution in [3.63, 3.8) is 0 Å². The standard InChI is InChI=1S/C18H23N3O2S/c1-5-13-16(11(3)22)10(2)19-17(13)14-9-24-18(20-14)15-7-6-8-21(15)12(4)23/h9,15,19H,5-8H2,1-4H3. The van der Waals surface area contributed by atoms with Crippen molar-refractivity contribution >= 4 is 23.0 Å². The van der Waals surface area contributed by atoms with Crippen molar-refractivity contribution in [2.24, 2.45) is 0 Å². The van der Waals surface area contributed by atoms with E-state index in [0.29, 0.717) is 0 Å². The Morgan fingerprint density at radius 2 is 2.17 bits per heavy atom. The quantitative estimate of drug-likeness (QED) is 0.855. The number of amides is 1. The van der Waals surface area contributed by atoms with Crippen molar-refractivity contribution in [3.8, 4) is 11.4 Å². The van der Waals surface area contributed by atoms with Crippen LogP contribution in [0.1, 0.15) is 66.3 Å². The van der Waals surface area contributed by atoms with Crippen LogP contribution in [0.25, 0.3) is 11.4 Å². The third-order valence-electron chi connectivity index (χ3n) is 4.72. The Bertz CT molecular complexity index is 790. The Morgan fingerprint density at radius 3 is 2.79 bits per heavy atom. The summed E-state index contributed by atoms with van der Waals surface area (Å²) in [7, 11) is 0. The molecule has 2 aromatic rings. The molecule has 24 heavy (non-hydrogen) atoms. The predicted octanol–water partition coefficient (Wildman–Crippen LogP) is 3.90. The number of carbonyl (C=O) groups is 2. The summed E-state index contributed by atoms with van der Waals surface area (Å²) in [5.41, 5.74) is 4.53. The second-order valence-corrected chi connectivity index (χ2v) is 7.22. The fourth-order valence-electron chi connectivity index (χ4n) is 3.68. The molecule has 1 aliphatic heterocycles. The molecule has 1 aliphatic rings. The number of rotatable bonds is 4. The Hall–Kier alpha value is -1.95. The van der Waals surface area contributed by atoms with Crippen LogP contribution in [0.15, 0.2) is 5.38 Å². The van der Waals surface area contributed by atoms with Crippen molar-refractivity contribution in [2.45, 2.75) is 53.0 Å². The maximum Gasteiger partial charge on any atom is 0.220 e. The Labute approximate surface area is 146 Å². The molecule has 1 atom stereocenters. The van der Waals surface area contributed by atoms with Crippen LogP contribution in [0.2, 0.25) is 0 Å². The number of hydrogen-bond donors (Lipinski definition) is 1. The number of nitrogens with zero attached hydrogens (tertiary/aromatic N) is 2. The van der Waals surface area contributed by atoms with E-state index in [2.05, 4.69) is 11.9 Å². The van der Waals surface area contributed by atoms with Crippen LogP contribution in [0.3, 0.4) is 0 Å². The molecule has 0 saturated carbocycles. The van der Waals surface area contributed by atoms with Gasteiger partial charge in [-0.1, -0.05) is 6.92 Å². The lowest BCUT2D eigenvalue weighted by Gasteiger charge is -2.21. The van der Waals surface area contributed by atoms with Gasteiger partial charge in [0, 0.05) is 30.1 Å². The number of likely N-dealkylation sites (tertiary alicyclic amines) is 1. The molecule has 1 fully saturated rings. The molecule has 0 spiro atoms. The molecule has 6 heteroatoms. The van der Waals surface area contributed by atoms with Gasteiger partial charge in [0.1, 0.15) is 5.01 Å². The zero-order valence-corrected chi connectivity index (χ0v) is 15.4. The fraction of sp³-hybridized carbons (Fsp3) is 0.500. The van der Waals surface area contributed by atoms with Crippen molar-refractivity contribution in [1.82, 2.24) is 14.9 Å². The average molecular weight is 345 g/mol. The number of hydrogen-bond acceptors (Lipinski definition) is 4. The number of thiazole rings is 1. The Balaban J connectivity index is 1.98. The lowest BCUT2D eigenvalue weighted by atomic mass is 10.0. The molecule has 1 unspecified atom stereocenters. The van der Waals surface area contributed by atoms with Gasteiger partial charge in [-0.15, -0.1) is 11.3 Å². The van der Waals surface area contributed by atoms with E-state index in [1.54, 1.807) is 25.2 Å². The van der Waals surface area contributed by atoms with Gasteiger partial charge in [0.05, 0.1) is 17.4 Å². The lowest BCUT2D eigenvalue weighted by Crippen LogP contribution is -2.27. The van der Waals surface area contributed by atoms with Crippen LogP contribution in [-0.4, -0.2) is 33.1 Å². The monoisotopic (exact) mass is 345 g/mol. The molecule has 3 rings (SSSR count). The number of nitrogens with one attached hydrogen (secondary N) is 1.